The molecule has 0 saturated heterocycles. The highest BCUT2D eigenvalue weighted by Gasteiger charge is 2.63. The minimum absolute atomic E-state index is 0.0435. The maximum absolute atomic E-state index is 13.2. The summed E-state index contributed by atoms with van der Waals surface area (Å²) in [6, 6.07) is 4.19. The summed E-state index contributed by atoms with van der Waals surface area (Å²) >= 11 is 11.6. The molecule has 138 valence electrons. The molecule has 0 aliphatic carbocycles. The van der Waals surface area contributed by atoms with Crippen molar-refractivity contribution < 1.29 is 27.8 Å². The van der Waals surface area contributed by atoms with Crippen molar-refractivity contribution in [1.82, 2.24) is 5.01 Å². The molecule has 2 rings (SSSR count). The van der Waals surface area contributed by atoms with Crippen LogP contribution < -0.4 is 4.74 Å². The van der Waals surface area contributed by atoms with E-state index in [2.05, 4.69) is 5.10 Å². The Hall–Kier alpha value is -1.51. The average Bonchev–Trinajstić information content (AvgIpc) is 2.84. The van der Waals surface area contributed by atoms with Crippen LogP contribution in [0.2, 0.25) is 10.0 Å². The van der Waals surface area contributed by atoms with Gasteiger partial charge in [-0.15, -0.1) is 0 Å². The second-order valence-corrected chi connectivity index (χ2v) is 6.32. The van der Waals surface area contributed by atoms with E-state index in [1.165, 1.54) is 18.2 Å². The van der Waals surface area contributed by atoms with Crippen LogP contribution in [-0.4, -0.2) is 40.2 Å². The molecule has 1 N–H and O–H groups in total. The number of benzene rings is 1. The molecule has 0 fully saturated rings. The Morgan fingerprint density at radius 1 is 1.44 bits per heavy atom. The Balaban J connectivity index is 2.16. The summed E-state index contributed by atoms with van der Waals surface area (Å²) in [5.41, 5.74) is -3.28. The van der Waals surface area contributed by atoms with Crippen LogP contribution in [0.4, 0.5) is 13.2 Å². The van der Waals surface area contributed by atoms with Crippen molar-refractivity contribution in [3.8, 4) is 5.75 Å². The van der Waals surface area contributed by atoms with Gasteiger partial charge in [0.1, 0.15) is 5.75 Å². The number of amides is 1. The minimum Gasteiger partial charge on any atom is -0.482 e. The van der Waals surface area contributed by atoms with Crippen LogP contribution in [0.15, 0.2) is 23.3 Å². The van der Waals surface area contributed by atoms with Crippen LogP contribution in [-0.2, 0) is 4.79 Å². The molecule has 5 nitrogen and oxygen atoms in total. The molecule has 0 saturated carbocycles. The van der Waals surface area contributed by atoms with Crippen molar-refractivity contribution in [3.63, 3.8) is 0 Å². The highest BCUT2D eigenvalue weighted by atomic mass is 35.5. The minimum atomic E-state index is -5.06. The largest absolute Gasteiger partial charge is 0.482 e. The highest BCUT2D eigenvalue weighted by molar-refractivity contribution is 6.35. The molecule has 25 heavy (non-hydrogen) atoms. The lowest BCUT2D eigenvalue weighted by Gasteiger charge is -2.32. The van der Waals surface area contributed by atoms with Crippen LogP contribution in [0, 0.1) is 0 Å². The number of hydrogen-bond acceptors (Lipinski definition) is 4. The zero-order valence-corrected chi connectivity index (χ0v) is 14.6. The van der Waals surface area contributed by atoms with E-state index in [0.717, 1.165) is 0 Å². The van der Waals surface area contributed by atoms with Gasteiger partial charge in [-0.2, -0.15) is 23.3 Å². The van der Waals surface area contributed by atoms with Crippen molar-refractivity contribution in [2.75, 3.05) is 6.61 Å². The fourth-order valence-corrected chi connectivity index (χ4v) is 2.78. The van der Waals surface area contributed by atoms with Crippen molar-refractivity contribution in [1.29, 1.82) is 0 Å². The summed E-state index contributed by atoms with van der Waals surface area (Å²) in [6.07, 6.45) is -5.06. The van der Waals surface area contributed by atoms with Crippen molar-refractivity contribution in [2.24, 2.45) is 5.10 Å². The van der Waals surface area contributed by atoms with Gasteiger partial charge >= 0.3 is 6.18 Å². The van der Waals surface area contributed by atoms with E-state index >= 15 is 0 Å². The number of halogens is 5. The number of ether oxygens (including phenoxy) is 1. The number of hydrazone groups is 1. The van der Waals surface area contributed by atoms with Gasteiger partial charge in [0.05, 0.1) is 5.02 Å². The molecule has 10 heteroatoms. The molecular formula is C15H15Cl2F3N2O3. The van der Waals surface area contributed by atoms with Crippen molar-refractivity contribution >= 4 is 34.8 Å². The third kappa shape index (κ3) is 4.19. The summed E-state index contributed by atoms with van der Waals surface area (Å²) in [5, 5.41) is 14.1. The first-order chi connectivity index (χ1) is 11.6. The molecule has 0 radical (unpaired) electrons. The summed E-state index contributed by atoms with van der Waals surface area (Å²) in [4.78, 5) is 12.2. The zero-order valence-electron chi connectivity index (χ0n) is 13.1. The molecule has 1 heterocycles. The van der Waals surface area contributed by atoms with Crippen LogP contribution in [0.3, 0.4) is 0 Å². The first-order valence-electron chi connectivity index (χ1n) is 7.35. The number of nitrogens with zero attached hydrogens (tertiary/aromatic N) is 2. The Morgan fingerprint density at radius 3 is 2.68 bits per heavy atom. The fourth-order valence-electron chi connectivity index (χ4n) is 2.32. The number of carbonyl (C=O) groups is 1. The van der Waals surface area contributed by atoms with Crippen LogP contribution >= 0.6 is 23.2 Å². The highest BCUT2D eigenvalue weighted by Crippen LogP contribution is 2.41. The summed E-state index contributed by atoms with van der Waals surface area (Å²) in [5.74, 6) is -1.07. The predicted molar refractivity (Wildman–Crippen MR) is 86.8 cm³/mol. The third-order valence-electron chi connectivity index (χ3n) is 3.52. The predicted octanol–water partition coefficient (Wildman–Crippen LogP) is 4.01. The maximum Gasteiger partial charge on any atom is 0.438 e. The molecule has 1 unspecified atom stereocenters. The summed E-state index contributed by atoms with van der Waals surface area (Å²) in [7, 11) is 0. The van der Waals surface area contributed by atoms with Gasteiger partial charge in [-0.3, -0.25) is 4.79 Å². The van der Waals surface area contributed by atoms with E-state index < -0.39 is 30.8 Å². The van der Waals surface area contributed by atoms with Gasteiger partial charge in [-0.25, -0.2) is 0 Å². The van der Waals surface area contributed by atoms with Gasteiger partial charge in [0, 0.05) is 17.2 Å². The quantitative estimate of drug-likeness (QED) is 0.814. The molecule has 1 aliphatic rings. The number of alkyl halides is 3. The SMILES string of the molecule is CCCC1=NN(C(=O)COc2ccc(Cl)cc2Cl)C(O)(C(F)(F)F)C1. The monoisotopic (exact) mass is 398 g/mol. The molecule has 1 atom stereocenters. The normalized spacial score (nSPS) is 20.6. The standard InChI is InChI=1S/C15H15Cl2F3N2O3/c1-2-3-10-7-14(24,15(18,19)20)22(21-10)13(23)8-25-12-5-4-9(16)6-11(12)17/h4-6,24H,2-3,7-8H2,1H3. The second kappa shape index (κ2) is 7.39. The smallest absolute Gasteiger partial charge is 0.438 e. The molecule has 0 aromatic heterocycles. The van der Waals surface area contributed by atoms with E-state index in [1.807, 2.05) is 0 Å². The van der Waals surface area contributed by atoms with E-state index in [9.17, 15) is 23.1 Å². The number of aliphatic hydroxyl groups is 1. The number of rotatable bonds is 5. The molecule has 1 aliphatic heterocycles. The summed E-state index contributed by atoms with van der Waals surface area (Å²) < 4.78 is 44.9. The Bertz CT molecular complexity index is 697. The van der Waals surface area contributed by atoms with Crippen LogP contribution in [0.25, 0.3) is 0 Å². The lowest BCUT2D eigenvalue weighted by atomic mass is 10.0. The van der Waals surface area contributed by atoms with Crippen molar-refractivity contribution in [3.05, 3.63) is 28.2 Å². The van der Waals surface area contributed by atoms with E-state index in [1.54, 1.807) is 6.92 Å². The topological polar surface area (TPSA) is 62.1 Å². The van der Waals surface area contributed by atoms with Gasteiger partial charge in [0.25, 0.3) is 11.6 Å². The molecule has 0 bridgehead atoms. The van der Waals surface area contributed by atoms with Gasteiger partial charge in [0.15, 0.2) is 6.61 Å². The Labute approximate surface area is 152 Å². The lowest BCUT2D eigenvalue weighted by Crippen LogP contribution is -2.57. The Kier molecular flexibility index (Phi) is 5.86. The molecule has 1 aromatic rings. The Morgan fingerprint density at radius 2 is 2.12 bits per heavy atom. The van der Waals surface area contributed by atoms with Gasteiger partial charge in [-0.1, -0.05) is 36.5 Å². The number of hydrogen-bond donors (Lipinski definition) is 1. The van der Waals surface area contributed by atoms with E-state index in [-0.39, 0.29) is 27.9 Å². The van der Waals surface area contributed by atoms with Crippen LogP contribution in [0.1, 0.15) is 26.2 Å². The van der Waals surface area contributed by atoms with E-state index in [0.29, 0.717) is 11.4 Å². The number of carbonyl (C=O) groups excluding carboxylic acids is 1. The molecule has 1 amide bonds. The van der Waals surface area contributed by atoms with Crippen molar-refractivity contribution in [2.45, 2.75) is 38.1 Å². The molecular weight excluding hydrogens is 384 g/mol. The fraction of sp³-hybridized carbons (Fsp3) is 0.467. The third-order valence-corrected chi connectivity index (χ3v) is 4.05. The first kappa shape index (κ1) is 19.8. The molecule has 1 aromatic carbocycles. The first-order valence-corrected chi connectivity index (χ1v) is 8.10. The van der Waals surface area contributed by atoms with Gasteiger partial charge < -0.3 is 9.84 Å². The molecule has 0 spiro atoms. The van der Waals surface area contributed by atoms with Gasteiger partial charge in [-0.05, 0) is 24.6 Å². The zero-order chi connectivity index (χ0) is 18.8. The van der Waals surface area contributed by atoms with Gasteiger partial charge in [0.2, 0.25) is 0 Å². The maximum atomic E-state index is 13.2. The lowest BCUT2D eigenvalue weighted by molar-refractivity contribution is -0.302. The van der Waals surface area contributed by atoms with Crippen LogP contribution in [0.5, 0.6) is 5.75 Å². The second-order valence-electron chi connectivity index (χ2n) is 5.48. The van der Waals surface area contributed by atoms with E-state index in [4.69, 9.17) is 27.9 Å². The average molecular weight is 399 g/mol. The summed E-state index contributed by atoms with van der Waals surface area (Å²) in [6.45, 7) is 0.980.